The van der Waals surface area contributed by atoms with Gasteiger partial charge in [-0.2, -0.15) is 10.2 Å². The minimum Gasteiger partial charge on any atom is -0.444 e. The summed E-state index contributed by atoms with van der Waals surface area (Å²) in [6.45, 7) is 3.44. The summed E-state index contributed by atoms with van der Waals surface area (Å²) in [6.07, 6.45) is 7.29. The Morgan fingerprint density at radius 2 is 1.90 bits per heavy atom. The van der Waals surface area contributed by atoms with Crippen molar-refractivity contribution in [3.8, 4) is 22.8 Å². The van der Waals surface area contributed by atoms with Crippen LogP contribution in [-0.2, 0) is 4.74 Å². The number of halogens is 2. The number of alkyl halides is 2. The molecule has 6 rings (SSSR count). The highest BCUT2D eigenvalue weighted by Gasteiger charge is 2.29. The van der Waals surface area contributed by atoms with Gasteiger partial charge in [-0.15, -0.1) is 0 Å². The van der Waals surface area contributed by atoms with E-state index in [1.54, 1.807) is 18.5 Å². The normalized spacial score (nSPS) is 20.4. The number of oxazole rings is 1. The Balaban J connectivity index is 1.25. The fourth-order valence-electron chi connectivity index (χ4n) is 5.26. The first kappa shape index (κ1) is 25.3. The van der Waals surface area contributed by atoms with Crippen LogP contribution in [0.1, 0.15) is 54.3 Å². The second kappa shape index (κ2) is 11.0. The number of aromatic nitrogens is 6. The van der Waals surface area contributed by atoms with Crippen molar-refractivity contribution in [3.63, 3.8) is 0 Å². The second-order valence-electron chi connectivity index (χ2n) is 9.71. The van der Waals surface area contributed by atoms with E-state index in [0.29, 0.717) is 23.0 Å². The number of H-pyrrole nitrogens is 1. The topological polar surface area (TPSA) is 127 Å². The Kier molecular flexibility index (Phi) is 7.16. The van der Waals surface area contributed by atoms with E-state index in [4.69, 9.17) is 14.3 Å². The van der Waals surface area contributed by atoms with Crippen LogP contribution in [0.15, 0.2) is 47.5 Å². The van der Waals surface area contributed by atoms with E-state index in [9.17, 15) is 13.6 Å². The molecular weight excluding hydrogens is 510 g/mol. The minimum atomic E-state index is -2.72. The highest BCUT2D eigenvalue weighted by Crippen LogP contribution is 2.35. The molecule has 5 heterocycles. The first-order chi connectivity index (χ1) is 19.0. The number of nitrogens with zero attached hydrogens (tertiary/aromatic N) is 6. The number of hydrogen-bond donors (Lipinski definition) is 2. The van der Waals surface area contributed by atoms with Crippen LogP contribution >= 0.6 is 0 Å². The van der Waals surface area contributed by atoms with Crippen LogP contribution in [-0.4, -0.2) is 73.1 Å². The summed E-state index contributed by atoms with van der Waals surface area (Å²) in [4.78, 5) is 24.0. The van der Waals surface area contributed by atoms with Crippen molar-refractivity contribution in [2.24, 2.45) is 0 Å². The zero-order valence-electron chi connectivity index (χ0n) is 21.1. The van der Waals surface area contributed by atoms with Gasteiger partial charge in [0, 0.05) is 31.5 Å². The largest absolute Gasteiger partial charge is 0.444 e. The maximum Gasteiger partial charge on any atom is 0.280 e. The lowest BCUT2D eigenvalue weighted by molar-refractivity contribution is 0.00507. The third-order valence-electron chi connectivity index (χ3n) is 7.30. The van der Waals surface area contributed by atoms with Crippen LogP contribution in [0.2, 0.25) is 0 Å². The highest BCUT2D eigenvalue weighted by atomic mass is 19.3. The van der Waals surface area contributed by atoms with E-state index in [1.807, 2.05) is 4.68 Å². The summed E-state index contributed by atoms with van der Waals surface area (Å²) >= 11 is 0. The van der Waals surface area contributed by atoms with Gasteiger partial charge in [-0.1, -0.05) is 6.07 Å². The fourth-order valence-corrected chi connectivity index (χ4v) is 5.26. The van der Waals surface area contributed by atoms with Crippen molar-refractivity contribution in [1.29, 1.82) is 0 Å². The molecule has 0 bridgehead atoms. The number of nitrogens with one attached hydrogen (secondary N) is 2. The van der Waals surface area contributed by atoms with E-state index in [0.717, 1.165) is 52.0 Å². The van der Waals surface area contributed by atoms with Gasteiger partial charge in [0.2, 0.25) is 5.89 Å². The van der Waals surface area contributed by atoms with Gasteiger partial charge in [0.05, 0.1) is 42.4 Å². The van der Waals surface area contributed by atoms with Gasteiger partial charge in [-0.05, 0) is 37.8 Å². The molecule has 1 saturated carbocycles. The third-order valence-corrected chi connectivity index (χ3v) is 7.30. The van der Waals surface area contributed by atoms with Crippen LogP contribution in [0.3, 0.4) is 0 Å². The quantitative estimate of drug-likeness (QED) is 0.356. The van der Waals surface area contributed by atoms with Crippen molar-refractivity contribution < 1.29 is 22.7 Å². The molecule has 204 valence electrons. The van der Waals surface area contributed by atoms with E-state index < -0.39 is 12.3 Å². The van der Waals surface area contributed by atoms with Crippen LogP contribution in [0.25, 0.3) is 22.8 Å². The number of anilines is 1. The molecule has 0 unspecified atom stereocenters. The van der Waals surface area contributed by atoms with Gasteiger partial charge in [0.15, 0.2) is 5.69 Å². The van der Waals surface area contributed by atoms with Gasteiger partial charge in [0.25, 0.3) is 12.3 Å². The molecule has 1 amide bonds. The maximum atomic E-state index is 13.4. The molecule has 2 aliphatic rings. The number of amides is 1. The molecule has 4 aromatic heterocycles. The van der Waals surface area contributed by atoms with Crippen LogP contribution in [0.5, 0.6) is 0 Å². The number of carbonyl (C=O) groups excluding carboxylic acids is 1. The Bertz CT molecular complexity index is 1410. The fraction of sp³-hybridized carbons (Fsp3) is 0.423. The first-order valence-corrected chi connectivity index (χ1v) is 13.0. The minimum absolute atomic E-state index is 0.0604. The van der Waals surface area contributed by atoms with Gasteiger partial charge in [-0.3, -0.25) is 19.5 Å². The Morgan fingerprint density at radius 1 is 1.10 bits per heavy atom. The number of pyridine rings is 1. The second-order valence-corrected chi connectivity index (χ2v) is 9.71. The van der Waals surface area contributed by atoms with Crippen molar-refractivity contribution in [3.05, 3.63) is 54.4 Å². The van der Waals surface area contributed by atoms with Crippen LogP contribution < -0.4 is 5.32 Å². The Hall–Kier alpha value is -3.97. The standard InChI is InChI=1S/C26H28F2N8O3/c27-24(28)20-3-1-2-19(31-20)23-21(32-25(37)22-15-39-26(33-22)16-12-29-30-13-16)14-36(34-23)18-6-4-17(5-7-18)35-8-10-38-11-9-35/h1-3,12-15,17-18,24H,4-11H2,(H,29,30)(H,32,37). The monoisotopic (exact) mass is 538 g/mol. The van der Waals surface area contributed by atoms with Crippen molar-refractivity contribution in [2.75, 3.05) is 31.6 Å². The predicted molar refractivity (Wildman–Crippen MR) is 136 cm³/mol. The van der Waals surface area contributed by atoms with E-state index >= 15 is 0 Å². The summed E-state index contributed by atoms with van der Waals surface area (Å²) in [5.74, 6) is -0.275. The lowest BCUT2D eigenvalue weighted by Crippen LogP contribution is -2.45. The SMILES string of the molecule is O=C(Nc1cn(C2CCC(N3CCOCC3)CC2)nc1-c1cccc(C(F)F)n1)c1coc(-c2cn[nH]c2)n1. The molecule has 39 heavy (non-hydrogen) atoms. The molecule has 0 radical (unpaired) electrons. The molecule has 2 fully saturated rings. The number of rotatable bonds is 7. The van der Waals surface area contributed by atoms with Gasteiger partial charge >= 0.3 is 0 Å². The average molecular weight is 539 g/mol. The molecule has 0 aromatic carbocycles. The molecule has 2 N–H and O–H groups in total. The average Bonchev–Trinajstić information content (AvgIpc) is 3.75. The molecule has 0 atom stereocenters. The number of ether oxygens (including phenoxy) is 1. The summed E-state index contributed by atoms with van der Waals surface area (Å²) in [5, 5.41) is 14.1. The van der Waals surface area contributed by atoms with Crippen molar-refractivity contribution in [2.45, 2.75) is 44.2 Å². The zero-order chi connectivity index (χ0) is 26.8. The number of carbonyl (C=O) groups is 1. The van der Waals surface area contributed by atoms with E-state index in [2.05, 4.69) is 30.4 Å². The first-order valence-electron chi connectivity index (χ1n) is 13.0. The van der Waals surface area contributed by atoms with Crippen molar-refractivity contribution >= 4 is 11.6 Å². The molecule has 11 nitrogen and oxygen atoms in total. The molecular formula is C26H28F2N8O3. The number of hydrogen-bond acceptors (Lipinski definition) is 8. The summed E-state index contributed by atoms with van der Waals surface area (Å²) in [6, 6.07) is 5.02. The Labute approximate surface area is 222 Å². The summed E-state index contributed by atoms with van der Waals surface area (Å²) < 4.78 is 39.6. The predicted octanol–water partition coefficient (Wildman–Crippen LogP) is 4.33. The molecule has 0 spiro atoms. The van der Waals surface area contributed by atoms with Crippen LogP contribution in [0.4, 0.5) is 14.5 Å². The lowest BCUT2D eigenvalue weighted by Gasteiger charge is -2.38. The van der Waals surface area contributed by atoms with Gasteiger partial charge in [-0.25, -0.2) is 18.7 Å². The number of aromatic amines is 1. The molecule has 4 aromatic rings. The molecule has 1 aliphatic carbocycles. The van der Waals surface area contributed by atoms with Gasteiger partial charge in [0.1, 0.15) is 17.7 Å². The van der Waals surface area contributed by atoms with E-state index in [1.165, 1.54) is 24.6 Å². The smallest absolute Gasteiger partial charge is 0.280 e. The summed E-state index contributed by atoms with van der Waals surface area (Å²) in [7, 11) is 0. The highest BCUT2D eigenvalue weighted by molar-refractivity contribution is 6.04. The zero-order valence-corrected chi connectivity index (χ0v) is 21.1. The molecule has 13 heteroatoms. The molecule has 1 saturated heterocycles. The third kappa shape index (κ3) is 5.45. The van der Waals surface area contributed by atoms with Crippen molar-refractivity contribution in [1.82, 2.24) is 34.8 Å². The maximum absolute atomic E-state index is 13.4. The molecule has 1 aliphatic heterocycles. The Morgan fingerprint density at radius 3 is 2.64 bits per heavy atom. The van der Waals surface area contributed by atoms with Crippen LogP contribution in [0, 0.1) is 0 Å². The summed E-state index contributed by atoms with van der Waals surface area (Å²) in [5.41, 5.74) is 1.24. The lowest BCUT2D eigenvalue weighted by atomic mass is 9.90. The van der Waals surface area contributed by atoms with Gasteiger partial charge < -0.3 is 14.5 Å². The van der Waals surface area contributed by atoms with E-state index in [-0.39, 0.29) is 29.0 Å². The number of morpholine rings is 1.